The predicted octanol–water partition coefficient (Wildman–Crippen LogP) is 5.30. The van der Waals surface area contributed by atoms with Gasteiger partial charge in [-0.1, -0.05) is 53.0 Å². The van der Waals surface area contributed by atoms with Crippen LogP contribution in [0.2, 0.25) is 10.0 Å². The van der Waals surface area contributed by atoms with Crippen molar-refractivity contribution in [3.63, 3.8) is 0 Å². The van der Waals surface area contributed by atoms with E-state index in [1.165, 1.54) is 11.1 Å². The number of halogens is 2. The lowest BCUT2D eigenvalue weighted by Crippen LogP contribution is -1.98. The second-order valence-electron chi connectivity index (χ2n) is 4.75. The Kier molecular flexibility index (Phi) is 3.26. The molecule has 1 heterocycles. The molecule has 0 radical (unpaired) electrons. The first kappa shape index (κ1) is 12.6. The van der Waals surface area contributed by atoms with Gasteiger partial charge in [0.2, 0.25) is 0 Å². The van der Waals surface area contributed by atoms with Crippen LogP contribution in [0.15, 0.2) is 48.7 Å². The van der Waals surface area contributed by atoms with Gasteiger partial charge in [-0.25, -0.2) is 0 Å². The van der Waals surface area contributed by atoms with E-state index in [1.54, 1.807) is 6.07 Å². The van der Waals surface area contributed by atoms with Gasteiger partial charge in [-0.05, 0) is 30.7 Å². The van der Waals surface area contributed by atoms with Gasteiger partial charge < -0.3 is 4.57 Å². The van der Waals surface area contributed by atoms with Gasteiger partial charge in [0, 0.05) is 23.2 Å². The molecule has 0 fully saturated rings. The molecule has 96 valence electrons. The van der Waals surface area contributed by atoms with Crippen molar-refractivity contribution in [2.75, 3.05) is 0 Å². The van der Waals surface area contributed by atoms with Crippen molar-refractivity contribution in [2.45, 2.75) is 13.5 Å². The summed E-state index contributed by atoms with van der Waals surface area (Å²) in [7, 11) is 0. The van der Waals surface area contributed by atoms with E-state index in [0.717, 1.165) is 17.4 Å². The van der Waals surface area contributed by atoms with E-state index in [-0.39, 0.29) is 0 Å². The van der Waals surface area contributed by atoms with E-state index >= 15 is 0 Å². The Morgan fingerprint density at radius 1 is 1.05 bits per heavy atom. The van der Waals surface area contributed by atoms with Gasteiger partial charge in [-0.2, -0.15) is 0 Å². The minimum Gasteiger partial charge on any atom is -0.343 e. The number of aryl methyl sites for hydroxylation is 1. The van der Waals surface area contributed by atoms with Crippen LogP contribution < -0.4 is 0 Å². The topological polar surface area (TPSA) is 4.93 Å². The van der Waals surface area contributed by atoms with E-state index in [1.807, 2.05) is 12.1 Å². The summed E-state index contributed by atoms with van der Waals surface area (Å²) >= 11 is 12.3. The molecule has 0 spiro atoms. The van der Waals surface area contributed by atoms with Crippen molar-refractivity contribution >= 4 is 34.1 Å². The molecule has 1 aromatic heterocycles. The maximum absolute atomic E-state index is 6.21. The van der Waals surface area contributed by atoms with Gasteiger partial charge >= 0.3 is 0 Å². The van der Waals surface area contributed by atoms with Crippen molar-refractivity contribution in [3.8, 4) is 0 Å². The molecule has 3 rings (SSSR count). The van der Waals surface area contributed by atoms with Crippen molar-refractivity contribution < 1.29 is 0 Å². The van der Waals surface area contributed by atoms with Crippen LogP contribution >= 0.6 is 23.2 Å². The molecule has 1 nitrogen and oxygen atoms in total. The Morgan fingerprint density at radius 2 is 1.89 bits per heavy atom. The lowest BCUT2D eigenvalue weighted by Gasteiger charge is -2.07. The monoisotopic (exact) mass is 289 g/mol. The Hall–Kier alpha value is -1.44. The third-order valence-corrected chi connectivity index (χ3v) is 3.77. The normalized spacial score (nSPS) is 11.1. The van der Waals surface area contributed by atoms with Crippen LogP contribution in [-0.4, -0.2) is 4.57 Å². The van der Waals surface area contributed by atoms with Crippen LogP contribution in [-0.2, 0) is 6.54 Å². The molecule has 0 N–H and O–H groups in total. The number of fused-ring (bicyclic) bond motifs is 1. The van der Waals surface area contributed by atoms with Crippen molar-refractivity contribution in [2.24, 2.45) is 0 Å². The second-order valence-corrected chi connectivity index (χ2v) is 5.60. The number of nitrogens with zero attached hydrogens (tertiary/aromatic N) is 1. The summed E-state index contributed by atoms with van der Waals surface area (Å²) < 4.78 is 2.17. The number of rotatable bonds is 2. The first-order valence-electron chi connectivity index (χ1n) is 6.13. The molecule has 3 heteroatoms. The summed E-state index contributed by atoms with van der Waals surface area (Å²) in [6, 6.07) is 14.3. The lowest BCUT2D eigenvalue weighted by atomic mass is 10.1. The molecule has 2 aromatic carbocycles. The van der Waals surface area contributed by atoms with Crippen LogP contribution in [0.1, 0.15) is 11.1 Å². The molecule has 0 aliphatic heterocycles. The summed E-state index contributed by atoms with van der Waals surface area (Å²) in [6.45, 7) is 2.92. The van der Waals surface area contributed by atoms with Gasteiger partial charge in [-0.15, -0.1) is 0 Å². The molecule has 3 aromatic rings. The number of aromatic nitrogens is 1. The maximum Gasteiger partial charge on any atom is 0.0514 e. The van der Waals surface area contributed by atoms with E-state index < -0.39 is 0 Å². The smallest absolute Gasteiger partial charge is 0.0514 e. The third-order valence-electron chi connectivity index (χ3n) is 3.24. The molecule has 0 saturated heterocycles. The van der Waals surface area contributed by atoms with Crippen LogP contribution in [0.4, 0.5) is 0 Å². The fraction of sp³-hybridized carbons (Fsp3) is 0.125. The number of hydrogen-bond acceptors (Lipinski definition) is 0. The number of hydrogen-bond donors (Lipinski definition) is 0. The molecule has 0 atom stereocenters. The van der Waals surface area contributed by atoms with Crippen molar-refractivity contribution in [1.82, 2.24) is 4.57 Å². The molecule has 0 amide bonds. The van der Waals surface area contributed by atoms with Crippen molar-refractivity contribution in [1.29, 1.82) is 0 Å². The quantitative estimate of drug-likeness (QED) is 0.603. The molecule has 19 heavy (non-hydrogen) atoms. The van der Waals surface area contributed by atoms with Gasteiger partial charge in [0.15, 0.2) is 0 Å². The zero-order valence-corrected chi connectivity index (χ0v) is 12.0. The average Bonchev–Trinajstić information content (AvgIpc) is 2.73. The number of benzene rings is 2. The van der Waals surface area contributed by atoms with Gasteiger partial charge in [0.1, 0.15) is 0 Å². The molecular formula is C16H13Cl2N. The SMILES string of the molecule is Cc1cccc(Cn2ccc3c(Cl)cc(Cl)cc32)c1. The predicted molar refractivity (Wildman–Crippen MR) is 82.2 cm³/mol. The van der Waals surface area contributed by atoms with E-state index in [4.69, 9.17) is 23.2 Å². The average molecular weight is 290 g/mol. The molecular weight excluding hydrogens is 277 g/mol. The Morgan fingerprint density at radius 3 is 2.68 bits per heavy atom. The van der Waals surface area contributed by atoms with E-state index in [9.17, 15) is 0 Å². The summed E-state index contributed by atoms with van der Waals surface area (Å²) in [5.41, 5.74) is 3.61. The Balaban J connectivity index is 2.06. The Bertz CT molecular complexity index is 744. The molecule has 0 aliphatic carbocycles. The summed E-state index contributed by atoms with van der Waals surface area (Å²) in [6.07, 6.45) is 2.05. The third kappa shape index (κ3) is 2.49. The maximum atomic E-state index is 6.21. The van der Waals surface area contributed by atoms with Crippen LogP contribution in [0.5, 0.6) is 0 Å². The van der Waals surface area contributed by atoms with Gasteiger partial charge in [0.25, 0.3) is 0 Å². The zero-order valence-electron chi connectivity index (χ0n) is 10.5. The highest BCUT2D eigenvalue weighted by Gasteiger charge is 2.07. The highest BCUT2D eigenvalue weighted by atomic mass is 35.5. The van der Waals surface area contributed by atoms with Crippen LogP contribution in [0.25, 0.3) is 10.9 Å². The van der Waals surface area contributed by atoms with Crippen LogP contribution in [0.3, 0.4) is 0 Å². The van der Waals surface area contributed by atoms with E-state index in [2.05, 4.69) is 42.0 Å². The largest absolute Gasteiger partial charge is 0.343 e. The second kappa shape index (κ2) is 4.92. The first-order chi connectivity index (χ1) is 9.13. The molecule has 0 unspecified atom stereocenters. The summed E-state index contributed by atoms with van der Waals surface area (Å²) in [5, 5.41) is 2.41. The van der Waals surface area contributed by atoms with Gasteiger partial charge in [-0.3, -0.25) is 0 Å². The zero-order chi connectivity index (χ0) is 13.4. The molecule has 0 aliphatic rings. The lowest BCUT2D eigenvalue weighted by molar-refractivity contribution is 0.836. The summed E-state index contributed by atoms with van der Waals surface area (Å²) in [5.74, 6) is 0. The van der Waals surface area contributed by atoms with Crippen LogP contribution in [0, 0.1) is 6.92 Å². The van der Waals surface area contributed by atoms with Crippen molar-refractivity contribution in [3.05, 3.63) is 69.8 Å². The minimum atomic E-state index is 0.668. The van der Waals surface area contributed by atoms with Gasteiger partial charge in [0.05, 0.1) is 10.5 Å². The van der Waals surface area contributed by atoms with E-state index in [0.29, 0.717) is 10.0 Å². The highest BCUT2D eigenvalue weighted by Crippen LogP contribution is 2.29. The Labute approximate surface area is 122 Å². The first-order valence-corrected chi connectivity index (χ1v) is 6.88. The minimum absolute atomic E-state index is 0.668. The standard InChI is InChI=1S/C16H13Cl2N/c1-11-3-2-4-12(7-11)10-19-6-5-14-15(18)8-13(17)9-16(14)19/h2-9H,10H2,1H3. The summed E-state index contributed by atoms with van der Waals surface area (Å²) in [4.78, 5) is 0. The molecule has 0 bridgehead atoms. The highest BCUT2D eigenvalue weighted by molar-refractivity contribution is 6.38. The molecule has 0 saturated carbocycles. The fourth-order valence-corrected chi connectivity index (χ4v) is 2.91. The fourth-order valence-electron chi connectivity index (χ4n) is 2.36.